The molecule has 5 rings (SSSR count). The molecule has 10 heteroatoms. The first kappa shape index (κ1) is 21.1. The topological polar surface area (TPSA) is 89.9 Å². The van der Waals surface area contributed by atoms with Gasteiger partial charge in [-0.15, -0.1) is 0 Å². The van der Waals surface area contributed by atoms with E-state index >= 15 is 0 Å². The standard InChI is InChI=1S/C23H22BFN6O2/c1-30-20(32)11-19(16-8-9-26-12-18(16)25)27-23(30)31-10-4-5-14(13-31)22-28-21(29-33-22)15-6-2-3-7-17(15)24/h2-3,6-9,11-12,14H,4-5,10,13,24H2,1H3. The van der Waals surface area contributed by atoms with Crippen LogP contribution in [0.3, 0.4) is 0 Å². The Morgan fingerprint density at radius 2 is 2.03 bits per heavy atom. The largest absolute Gasteiger partial charge is 0.341 e. The van der Waals surface area contributed by atoms with Crippen molar-refractivity contribution in [2.24, 2.45) is 7.05 Å². The van der Waals surface area contributed by atoms with Gasteiger partial charge in [-0.05, 0) is 18.9 Å². The molecule has 1 fully saturated rings. The van der Waals surface area contributed by atoms with Crippen LogP contribution in [0.5, 0.6) is 0 Å². The minimum absolute atomic E-state index is 0.00207. The van der Waals surface area contributed by atoms with Crippen LogP contribution in [-0.4, -0.2) is 45.6 Å². The molecule has 0 aliphatic carbocycles. The lowest BCUT2D eigenvalue weighted by atomic mass is 9.90. The summed E-state index contributed by atoms with van der Waals surface area (Å²) in [4.78, 5) is 27.7. The Hall–Kier alpha value is -3.82. The van der Waals surface area contributed by atoms with Gasteiger partial charge < -0.3 is 9.42 Å². The van der Waals surface area contributed by atoms with Crippen LogP contribution >= 0.6 is 0 Å². The molecule has 0 bridgehead atoms. The van der Waals surface area contributed by atoms with Gasteiger partial charge in [0.15, 0.2) is 5.82 Å². The van der Waals surface area contributed by atoms with Crippen molar-refractivity contribution >= 4 is 19.3 Å². The predicted molar refractivity (Wildman–Crippen MR) is 125 cm³/mol. The fourth-order valence-electron chi connectivity index (χ4n) is 4.23. The molecule has 1 unspecified atom stereocenters. The summed E-state index contributed by atoms with van der Waals surface area (Å²) < 4.78 is 21.4. The van der Waals surface area contributed by atoms with Gasteiger partial charge in [0.25, 0.3) is 5.56 Å². The Kier molecular flexibility index (Phi) is 5.49. The SMILES string of the molecule is Bc1ccccc1-c1noc(C2CCCN(c3nc(-c4ccncc4F)cc(=O)n3C)C2)n1. The van der Waals surface area contributed by atoms with Gasteiger partial charge in [0.2, 0.25) is 17.7 Å². The Bertz CT molecular complexity index is 1370. The van der Waals surface area contributed by atoms with Crippen molar-refractivity contribution in [2.45, 2.75) is 18.8 Å². The number of rotatable bonds is 4. The zero-order valence-electron chi connectivity index (χ0n) is 18.4. The Morgan fingerprint density at radius 3 is 2.85 bits per heavy atom. The zero-order valence-corrected chi connectivity index (χ0v) is 18.4. The van der Waals surface area contributed by atoms with Crippen molar-refractivity contribution in [1.29, 1.82) is 0 Å². The molecule has 0 N–H and O–H groups in total. The molecule has 0 spiro atoms. The van der Waals surface area contributed by atoms with Gasteiger partial charge in [0.05, 0.1) is 17.8 Å². The van der Waals surface area contributed by atoms with Crippen molar-refractivity contribution in [2.75, 3.05) is 18.0 Å². The summed E-state index contributed by atoms with van der Waals surface area (Å²) in [5.41, 5.74) is 2.30. The van der Waals surface area contributed by atoms with Gasteiger partial charge in [0.1, 0.15) is 7.85 Å². The average molecular weight is 444 g/mol. The number of hydrogen-bond donors (Lipinski definition) is 0. The van der Waals surface area contributed by atoms with E-state index in [1.807, 2.05) is 37.0 Å². The fourth-order valence-corrected chi connectivity index (χ4v) is 4.23. The van der Waals surface area contributed by atoms with Crippen LogP contribution < -0.4 is 15.9 Å². The maximum atomic E-state index is 14.3. The summed E-state index contributed by atoms with van der Waals surface area (Å²) in [6.45, 7) is 1.29. The molecule has 1 atom stereocenters. The van der Waals surface area contributed by atoms with E-state index in [2.05, 4.69) is 20.1 Å². The third-order valence-electron chi connectivity index (χ3n) is 6.04. The van der Waals surface area contributed by atoms with Crippen LogP contribution in [0.15, 0.2) is 58.1 Å². The number of aromatic nitrogens is 5. The van der Waals surface area contributed by atoms with E-state index in [9.17, 15) is 9.18 Å². The van der Waals surface area contributed by atoms with E-state index in [4.69, 9.17) is 4.52 Å². The molecule has 0 radical (unpaired) electrons. The number of nitrogens with zero attached hydrogens (tertiary/aromatic N) is 6. The van der Waals surface area contributed by atoms with Crippen molar-refractivity contribution in [1.82, 2.24) is 24.7 Å². The van der Waals surface area contributed by atoms with E-state index in [0.29, 0.717) is 24.2 Å². The van der Waals surface area contributed by atoms with Crippen molar-refractivity contribution in [3.8, 4) is 22.6 Å². The van der Waals surface area contributed by atoms with Crippen LogP contribution in [0.1, 0.15) is 24.7 Å². The first-order chi connectivity index (χ1) is 16.0. The average Bonchev–Trinajstić information content (AvgIpc) is 3.32. The highest BCUT2D eigenvalue weighted by Crippen LogP contribution is 2.30. The molecule has 33 heavy (non-hydrogen) atoms. The minimum Gasteiger partial charge on any atom is -0.341 e. The van der Waals surface area contributed by atoms with Crippen molar-refractivity contribution in [3.05, 3.63) is 70.9 Å². The molecule has 1 aromatic carbocycles. The molecule has 0 amide bonds. The van der Waals surface area contributed by atoms with Crippen molar-refractivity contribution < 1.29 is 8.91 Å². The van der Waals surface area contributed by atoms with Crippen LogP contribution in [0.25, 0.3) is 22.6 Å². The Morgan fingerprint density at radius 1 is 1.18 bits per heavy atom. The summed E-state index contributed by atoms with van der Waals surface area (Å²) in [5.74, 6) is 1.11. The highest BCUT2D eigenvalue weighted by molar-refractivity contribution is 6.35. The molecule has 4 heterocycles. The first-order valence-corrected chi connectivity index (χ1v) is 10.8. The van der Waals surface area contributed by atoms with Crippen LogP contribution in [-0.2, 0) is 7.05 Å². The van der Waals surface area contributed by atoms with Crippen molar-refractivity contribution in [3.63, 3.8) is 0 Å². The predicted octanol–water partition coefficient (Wildman–Crippen LogP) is 1.67. The molecular weight excluding hydrogens is 422 g/mol. The second-order valence-electron chi connectivity index (χ2n) is 8.25. The number of pyridine rings is 1. The number of anilines is 1. The highest BCUT2D eigenvalue weighted by atomic mass is 19.1. The molecular formula is C23H22BFN6O2. The lowest BCUT2D eigenvalue weighted by molar-refractivity contribution is 0.332. The minimum atomic E-state index is -0.518. The van der Waals surface area contributed by atoms with E-state index in [1.165, 1.54) is 22.9 Å². The molecule has 0 saturated carbocycles. The summed E-state index contributed by atoms with van der Waals surface area (Å²) in [7, 11) is 3.68. The fraction of sp³-hybridized carbons (Fsp3) is 0.261. The number of halogens is 1. The van der Waals surface area contributed by atoms with E-state index in [-0.39, 0.29) is 22.7 Å². The van der Waals surface area contributed by atoms with Crippen LogP contribution in [0.4, 0.5) is 10.3 Å². The van der Waals surface area contributed by atoms with Gasteiger partial charge >= 0.3 is 0 Å². The maximum absolute atomic E-state index is 14.3. The van der Waals surface area contributed by atoms with Gasteiger partial charge in [-0.2, -0.15) is 4.98 Å². The molecule has 3 aromatic heterocycles. The highest BCUT2D eigenvalue weighted by Gasteiger charge is 2.28. The van der Waals surface area contributed by atoms with E-state index in [1.54, 1.807) is 7.05 Å². The smallest absolute Gasteiger partial charge is 0.255 e. The molecule has 1 aliphatic rings. The van der Waals surface area contributed by atoms with Crippen LogP contribution in [0.2, 0.25) is 0 Å². The number of piperidine rings is 1. The molecule has 4 aromatic rings. The van der Waals surface area contributed by atoms with E-state index < -0.39 is 5.82 Å². The number of benzene rings is 1. The lowest BCUT2D eigenvalue weighted by Gasteiger charge is -2.32. The summed E-state index contributed by atoms with van der Waals surface area (Å²) in [6, 6.07) is 10.8. The summed E-state index contributed by atoms with van der Waals surface area (Å²) in [5, 5.41) is 4.19. The summed E-state index contributed by atoms with van der Waals surface area (Å²) >= 11 is 0. The zero-order chi connectivity index (χ0) is 22.9. The second-order valence-corrected chi connectivity index (χ2v) is 8.25. The molecule has 1 saturated heterocycles. The molecule has 1 aliphatic heterocycles. The third-order valence-corrected chi connectivity index (χ3v) is 6.04. The quantitative estimate of drug-likeness (QED) is 0.443. The number of hydrogen-bond acceptors (Lipinski definition) is 7. The lowest BCUT2D eigenvalue weighted by Crippen LogP contribution is -2.38. The molecule has 166 valence electrons. The normalized spacial score (nSPS) is 16.2. The Balaban J connectivity index is 1.45. The van der Waals surface area contributed by atoms with Gasteiger partial charge in [-0.3, -0.25) is 14.3 Å². The van der Waals surface area contributed by atoms with Gasteiger partial charge in [-0.25, -0.2) is 9.37 Å². The third kappa shape index (κ3) is 4.04. The van der Waals surface area contributed by atoms with Gasteiger partial charge in [-0.1, -0.05) is 34.9 Å². The van der Waals surface area contributed by atoms with Crippen LogP contribution in [0, 0.1) is 5.82 Å². The summed E-state index contributed by atoms with van der Waals surface area (Å²) in [6.07, 6.45) is 4.36. The van der Waals surface area contributed by atoms with Gasteiger partial charge in [0, 0.05) is 43.5 Å². The maximum Gasteiger partial charge on any atom is 0.255 e. The molecule has 8 nitrogen and oxygen atoms in total. The monoisotopic (exact) mass is 444 g/mol. The first-order valence-electron chi connectivity index (χ1n) is 10.8. The van der Waals surface area contributed by atoms with E-state index in [0.717, 1.165) is 36.6 Å². The Labute approximate surface area is 190 Å². The second kappa shape index (κ2) is 8.61.